The topological polar surface area (TPSA) is 46.6 Å². The van der Waals surface area contributed by atoms with Gasteiger partial charge in [-0.2, -0.15) is 0 Å². The first-order valence-electron chi connectivity index (χ1n) is 5.19. The molecule has 4 heteroatoms. The molecule has 0 bridgehead atoms. The summed E-state index contributed by atoms with van der Waals surface area (Å²) in [7, 11) is 0. The summed E-state index contributed by atoms with van der Waals surface area (Å²) in [5.74, 6) is -0.324. The number of ether oxygens (including phenoxy) is 1. The third-order valence-electron chi connectivity index (χ3n) is 3.01. The maximum absolute atomic E-state index is 11.6. The molecule has 2 saturated heterocycles. The Morgan fingerprint density at radius 1 is 1.64 bits per heavy atom. The number of carbonyl (C=O) groups excluding carboxylic acids is 2. The van der Waals surface area contributed by atoms with E-state index in [1.54, 1.807) is 6.92 Å². The standard InChI is InChI=1S/C10H15NO3/c1-2-14-10(13)9-8(12)6-7-4-3-5-11(7)9/h7,9H,2-6H2,1H3. The second kappa shape index (κ2) is 3.69. The van der Waals surface area contributed by atoms with Crippen molar-refractivity contribution < 1.29 is 14.3 Å². The van der Waals surface area contributed by atoms with Gasteiger partial charge in [0.2, 0.25) is 0 Å². The van der Waals surface area contributed by atoms with Gasteiger partial charge in [0.1, 0.15) is 0 Å². The van der Waals surface area contributed by atoms with Crippen LogP contribution in [0.5, 0.6) is 0 Å². The van der Waals surface area contributed by atoms with Crippen LogP contribution in [0.2, 0.25) is 0 Å². The number of rotatable bonds is 2. The lowest BCUT2D eigenvalue weighted by Gasteiger charge is -2.20. The van der Waals surface area contributed by atoms with Gasteiger partial charge in [-0.05, 0) is 26.3 Å². The van der Waals surface area contributed by atoms with E-state index >= 15 is 0 Å². The van der Waals surface area contributed by atoms with E-state index in [1.165, 1.54) is 0 Å². The van der Waals surface area contributed by atoms with Crippen molar-refractivity contribution in [2.45, 2.75) is 38.3 Å². The zero-order chi connectivity index (χ0) is 10.1. The maximum atomic E-state index is 11.6. The number of hydrogen-bond donors (Lipinski definition) is 0. The Morgan fingerprint density at radius 2 is 2.43 bits per heavy atom. The predicted molar refractivity (Wildman–Crippen MR) is 49.8 cm³/mol. The average molecular weight is 197 g/mol. The lowest BCUT2D eigenvalue weighted by atomic mass is 10.1. The lowest BCUT2D eigenvalue weighted by molar-refractivity contribution is -0.150. The summed E-state index contributed by atoms with van der Waals surface area (Å²) in [6.07, 6.45) is 2.67. The number of hydrogen-bond acceptors (Lipinski definition) is 4. The number of carbonyl (C=O) groups is 2. The van der Waals surface area contributed by atoms with E-state index in [4.69, 9.17) is 4.74 Å². The minimum atomic E-state index is -0.595. The molecule has 2 fully saturated rings. The molecule has 0 radical (unpaired) electrons. The molecule has 2 rings (SSSR count). The first-order chi connectivity index (χ1) is 6.74. The van der Waals surface area contributed by atoms with Gasteiger partial charge in [0.05, 0.1) is 6.61 Å². The molecule has 78 valence electrons. The van der Waals surface area contributed by atoms with Crippen LogP contribution >= 0.6 is 0 Å². The van der Waals surface area contributed by atoms with E-state index < -0.39 is 6.04 Å². The quantitative estimate of drug-likeness (QED) is 0.473. The number of nitrogens with zero attached hydrogens (tertiary/aromatic N) is 1. The van der Waals surface area contributed by atoms with Gasteiger partial charge in [0.25, 0.3) is 0 Å². The van der Waals surface area contributed by atoms with Crippen molar-refractivity contribution in [2.75, 3.05) is 13.2 Å². The molecule has 2 atom stereocenters. The Labute approximate surface area is 83.2 Å². The van der Waals surface area contributed by atoms with E-state index in [9.17, 15) is 9.59 Å². The molecule has 2 unspecified atom stereocenters. The molecule has 0 saturated carbocycles. The van der Waals surface area contributed by atoms with E-state index in [-0.39, 0.29) is 11.8 Å². The van der Waals surface area contributed by atoms with E-state index in [2.05, 4.69) is 0 Å². The molecule has 2 heterocycles. The Kier molecular flexibility index (Phi) is 2.54. The summed E-state index contributed by atoms with van der Waals surface area (Å²) in [4.78, 5) is 25.1. The third kappa shape index (κ3) is 1.43. The van der Waals surface area contributed by atoms with Gasteiger partial charge in [-0.3, -0.25) is 9.69 Å². The number of fused-ring (bicyclic) bond motifs is 1. The lowest BCUT2D eigenvalue weighted by Crippen LogP contribution is -2.41. The molecule has 0 aromatic carbocycles. The van der Waals surface area contributed by atoms with Gasteiger partial charge in [-0.1, -0.05) is 0 Å². The van der Waals surface area contributed by atoms with Gasteiger partial charge in [-0.15, -0.1) is 0 Å². The molecule has 14 heavy (non-hydrogen) atoms. The van der Waals surface area contributed by atoms with Gasteiger partial charge in [0, 0.05) is 12.5 Å². The van der Waals surface area contributed by atoms with Crippen LogP contribution in [0.1, 0.15) is 26.2 Å². The highest BCUT2D eigenvalue weighted by Crippen LogP contribution is 2.30. The summed E-state index contributed by atoms with van der Waals surface area (Å²) in [6.45, 7) is 2.97. The second-order valence-corrected chi connectivity index (χ2v) is 3.86. The molecular formula is C10H15NO3. The molecule has 4 nitrogen and oxygen atoms in total. The van der Waals surface area contributed by atoms with Crippen LogP contribution in [0.25, 0.3) is 0 Å². The smallest absolute Gasteiger partial charge is 0.331 e. The van der Waals surface area contributed by atoms with E-state index in [0.29, 0.717) is 19.1 Å². The monoisotopic (exact) mass is 197 g/mol. The van der Waals surface area contributed by atoms with Crippen molar-refractivity contribution in [3.63, 3.8) is 0 Å². The first-order valence-corrected chi connectivity index (χ1v) is 5.19. The SMILES string of the molecule is CCOC(=O)C1C(=O)CC2CCCN21. The van der Waals surface area contributed by atoms with Crippen molar-refractivity contribution in [3.8, 4) is 0 Å². The molecule has 2 aliphatic rings. The van der Waals surface area contributed by atoms with Crippen molar-refractivity contribution >= 4 is 11.8 Å². The van der Waals surface area contributed by atoms with Crippen LogP contribution < -0.4 is 0 Å². The molecule has 0 N–H and O–H groups in total. The minimum absolute atomic E-state index is 0.0353. The van der Waals surface area contributed by atoms with Gasteiger partial charge in [0.15, 0.2) is 11.8 Å². The normalized spacial score (nSPS) is 31.9. The van der Waals surface area contributed by atoms with Crippen molar-refractivity contribution in [2.24, 2.45) is 0 Å². The fourth-order valence-electron chi connectivity index (χ4n) is 2.43. The summed E-state index contributed by atoms with van der Waals surface area (Å²) in [5, 5.41) is 0. The van der Waals surface area contributed by atoms with Crippen LogP contribution in [0.4, 0.5) is 0 Å². The summed E-state index contributed by atoms with van der Waals surface area (Å²) >= 11 is 0. The van der Waals surface area contributed by atoms with Gasteiger partial charge in [-0.25, -0.2) is 4.79 Å². The van der Waals surface area contributed by atoms with E-state index in [0.717, 1.165) is 19.4 Å². The van der Waals surface area contributed by atoms with Crippen LogP contribution in [-0.2, 0) is 14.3 Å². The number of esters is 1. The van der Waals surface area contributed by atoms with Crippen molar-refractivity contribution in [3.05, 3.63) is 0 Å². The molecule has 0 spiro atoms. The van der Waals surface area contributed by atoms with Gasteiger partial charge >= 0.3 is 5.97 Å². The molecule has 0 aliphatic carbocycles. The highest BCUT2D eigenvalue weighted by atomic mass is 16.5. The summed E-state index contributed by atoms with van der Waals surface area (Å²) < 4.78 is 4.90. The van der Waals surface area contributed by atoms with Crippen LogP contribution in [-0.4, -0.2) is 41.9 Å². The van der Waals surface area contributed by atoms with Crippen LogP contribution in [0, 0.1) is 0 Å². The number of Topliss-reactive ketones (excluding diaryl/α,β-unsaturated/α-hetero) is 1. The summed E-state index contributed by atoms with van der Waals surface area (Å²) in [6, 6.07) is -0.292. The fourth-order valence-corrected chi connectivity index (χ4v) is 2.43. The Bertz CT molecular complexity index is 264. The Morgan fingerprint density at radius 3 is 3.14 bits per heavy atom. The third-order valence-corrected chi connectivity index (χ3v) is 3.01. The van der Waals surface area contributed by atoms with Crippen LogP contribution in [0.3, 0.4) is 0 Å². The Hall–Kier alpha value is -0.900. The van der Waals surface area contributed by atoms with Gasteiger partial charge < -0.3 is 4.74 Å². The fraction of sp³-hybridized carbons (Fsp3) is 0.800. The summed E-state index contributed by atoms with van der Waals surface area (Å²) in [5.41, 5.74) is 0. The first kappa shape index (κ1) is 9.65. The average Bonchev–Trinajstić information content (AvgIpc) is 2.63. The maximum Gasteiger partial charge on any atom is 0.331 e. The van der Waals surface area contributed by atoms with Crippen LogP contribution in [0.15, 0.2) is 0 Å². The molecule has 0 aromatic heterocycles. The zero-order valence-corrected chi connectivity index (χ0v) is 8.36. The zero-order valence-electron chi connectivity index (χ0n) is 8.36. The minimum Gasteiger partial charge on any atom is -0.464 e. The second-order valence-electron chi connectivity index (χ2n) is 3.86. The highest BCUT2D eigenvalue weighted by molar-refractivity contribution is 6.05. The molecule has 2 aliphatic heterocycles. The molecule has 0 aromatic rings. The van der Waals surface area contributed by atoms with Crippen molar-refractivity contribution in [1.82, 2.24) is 4.90 Å². The Balaban J connectivity index is 2.09. The molecular weight excluding hydrogens is 182 g/mol. The highest BCUT2D eigenvalue weighted by Gasteiger charge is 2.46. The predicted octanol–water partition coefficient (Wildman–Crippen LogP) is 0.355. The molecule has 0 amide bonds. The van der Waals surface area contributed by atoms with Crippen molar-refractivity contribution in [1.29, 1.82) is 0 Å². The van der Waals surface area contributed by atoms with E-state index in [1.807, 2.05) is 4.90 Å². The number of ketones is 1. The largest absolute Gasteiger partial charge is 0.464 e.